The van der Waals surface area contributed by atoms with Crippen molar-refractivity contribution in [1.29, 1.82) is 0 Å². The van der Waals surface area contributed by atoms with Crippen LogP contribution in [0.5, 0.6) is 0 Å². The Hall–Kier alpha value is -3.38. The van der Waals surface area contributed by atoms with Gasteiger partial charge in [-0.2, -0.15) is 0 Å². The van der Waals surface area contributed by atoms with Crippen LogP contribution in [0.15, 0.2) is 60.9 Å². The largest absolute Gasteiger partial charge is 0.465 e. The van der Waals surface area contributed by atoms with E-state index in [9.17, 15) is 4.79 Å². The van der Waals surface area contributed by atoms with Gasteiger partial charge in [0.25, 0.3) is 0 Å². The summed E-state index contributed by atoms with van der Waals surface area (Å²) in [6.45, 7) is 2.92. The molecule has 0 N–H and O–H groups in total. The number of nitrogens with zero attached hydrogens (tertiary/aromatic N) is 3. The number of hydrogen-bond acceptors (Lipinski definition) is 5. The Labute approximate surface area is 168 Å². The zero-order chi connectivity index (χ0) is 19.8. The molecule has 0 spiro atoms. The van der Waals surface area contributed by atoms with E-state index in [1.165, 1.54) is 7.11 Å². The maximum atomic E-state index is 12.5. The second-order valence-electron chi connectivity index (χ2n) is 7.06. The van der Waals surface area contributed by atoms with Crippen molar-refractivity contribution < 1.29 is 14.3 Å². The van der Waals surface area contributed by atoms with E-state index in [0.717, 1.165) is 40.8 Å². The number of carbonyl (C=O) groups is 1. The van der Waals surface area contributed by atoms with E-state index in [1.807, 2.05) is 28.8 Å². The summed E-state index contributed by atoms with van der Waals surface area (Å²) in [5.41, 5.74) is 4.00. The minimum Gasteiger partial charge on any atom is -0.465 e. The fourth-order valence-corrected chi connectivity index (χ4v) is 3.98. The lowest BCUT2D eigenvalue weighted by Gasteiger charge is -2.29. The first-order valence-electron chi connectivity index (χ1n) is 9.66. The maximum absolute atomic E-state index is 12.5. The van der Waals surface area contributed by atoms with Gasteiger partial charge in [-0.15, -0.1) is 0 Å². The smallest absolute Gasteiger partial charge is 0.340 e. The van der Waals surface area contributed by atoms with E-state index in [2.05, 4.69) is 40.2 Å². The Kier molecular flexibility index (Phi) is 4.41. The summed E-state index contributed by atoms with van der Waals surface area (Å²) in [6.07, 6.45) is 1.78. The number of esters is 1. The summed E-state index contributed by atoms with van der Waals surface area (Å²) < 4.78 is 12.6. The second kappa shape index (κ2) is 7.22. The number of morpholine rings is 1. The van der Waals surface area contributed by atoms with Crippen LogP contribution in [0.4, 0.5) is 5.69 Å². The topological polar surface area (TPSA) is 56.6 Å². The Morgan fingerprint density at radius 2 is 1.86 bits per heavy atom. The van der Waals surface area contributed by atoms with Crippen LogP contribution in [0.1, 0.15) is 10.4 Å². The van der Waals surface area contributed by atoms with Crippen molar-refractivity contribution in [3.05, 3.63) is 66.5 Å². The molecule has 0 saturated carbocycles. The van der Waals surface area contributed by atoms with Gasteiger partial charge in [0.05, 0.1) is 37.1 Å². The molecule has 2 heterocycles. The molecule has 1 aliphatic rings. The van der Waals surface area contributed by atoms with E-state index in [4.69, 9.17) is 9.47 Å². The number of imidazole rings is 1. The lowest BCUT2D eigenvalue weighted by molar-refractivity contribution is 0.0603. The molecule has 0 unspecified atom stereocenters. The molecule has 1 aliphatic heterocycles. The lowest BCUT2D eigenvalue weighted by Crippen LogP contribution is -2.36. The van der Waals surface area contributed by atoms with Gasteiger partial charge in [-0.1, -0.05) is 36.4 Å². The highest BCUT2D eigenvalue weighted by atomic mass is 16.5. The van der Waals surface area contributed by atoms with Gasteiger partial charge in [-0.3, -0.25) is 4.57 Å². The van der Waals surface area contributed by atoms with E-state index in [1.54, 1.807) is 6.33 Å². The summed E-state index contributed by atoms with van der Waals surface area (Å²) in [6, 6.07) is 18.4. The van der Waals surface area contributed by atoms with Crippen LogP contribution in [0.25, 0.3) is 27.5 Å². The van der Waals surface area contributed by atoms with Crippen molar-refractivity contribution in [3.8, 4) is 5.69 Å². The quantitative estimate of drug-likeness (QED) is 0.501. The number of rotatable bonds is 3. The minimum absolute atomic E-state index is 0.381. The minimum atomic E-state index is -0.381. The van der Waals surface area contributed by atoms with E-state index >= 15 is 0 Å². The summed E-state index contributed by atoms with van der Waals surface area (Å²) in [4.78, 5) is 19.3. The molecule has 5 rings (SSSR count). The molecule has 0 atom stereocenters. The van der Waals surface area contributed by atoms with E-state index in [0.29, 0.717) is 24.3 Å². The van der Waals surface area contributed by atoms with E-state index < -0.39 is 0 Å². The molecule has 4 aromatic rings. The third kappa shape index (κ3) is 3.02. The maximum Gasteiger partial charge on any atom is 0.340 e. The number of ether oxygens (including phenoxy) is 2. The van der Waals surface area contributed by atoms with Gasteiger partial charge in [-0.05, 0) is 23.6 Å². The normalized spacial score (nSPS) is 14.4. The molecule has 1 aromatic heterocycles. The number of hydrogen-bond donors (Lipinski definition) is 0. The predicted octanol–water partition coefficient (Wildman–Crippen LogP) is 3.80. The van der Waals surface area contributed by atoms with Gasteiger partial charge < -0.3 is 14.4 Å². The highest BCUT2D eigenvalue weighted by Gasteiger charge is 2.21. The number of methoxy groups -OCH3 is 1. The van der Waals surface area contributed by atoms with Gasteiger partial charge >= 0.3 is 5.97 Å². The van der Waals surface area contributed by atoms with Gasteiger partial charge in [0.15, 0.2) is 0 Å². The highest BCUT2D eigenvalue weighted by Crippen LogP contribution is 2.31. The monoisotopic (exact) mass is 387 g/mol. The molecule has 146 valence electrons. The predicted molar refractivity (Wildman–Crippen MR) is 113 cm³/mol. The molecular weight excluding hydrogens is 366 g/mol. The number of carbonyl (C=O) groups excluding carboxylic acids is 1. The number of anilines is 1. The third-order valence-corrected chi connectivity index (χ3v) is 5.44. The molecule has 0 bridgehead atoms. The zero-order valence-electron chi connectivity index (χ0n) is 16.2. The Balaban J connectivity index is 1.75. The van der Waals surface area contributed by atoms with Crippen molar-refractivity contribution >= 4 is 33.5 Å². The van der Waals surface area contributed by atoms with E-state index in [-0.39, 0.29) is 5.97 Å². The highest BCUT2D eigenvalue weighted by molar-refractivity contribution is 6.04. The molecule has 29 heavy (non-hydrogen) atoms. The molecule has 0 amide bonds. The summed E-state index contributed by atoms with van der Waals surface area (Å²) in [7, 11) is 1.40. The van der Waals surface area contributed by atoms with Crippen molar-refractivity contribution in [2.45, 2.75) is 0 Å². The van der Waals surface area contributed by atoms with Gasteiger partial charge in [0.2, 0.25) is 0 Å². The molecular formula is C23H21N3O3. The fourth-order valence-electron chi connectivity index (χ4n) is 3.98. The number of benzene rings is 3. The van der Waals surface area contributed by atoms with Gasteiger partial charge in [0.1, 0.15) is 11.8 Å². The molecule has 1 fully saturated rings. The van der Waals surface area contributed by atoms with Crippen LogP contribution >= 0.6 is 0 Å². The average molecular weight is 387 g/mol. The van der Waals surface area contributed by atoms with Gasteiger partial charge in [0, 0.05) is 24.2 Å². The van der Waals surface area contributed by atoms with Crippen LogP contribution in [-0.4, -0.2) is 48.9 Å². The zero-order valence-corrected chi connectivity index (χ0v) is 16.2. The molecule has 6 heteroatoms. The van der Waals surface area contributed by atoms with Crippen molar-refractivity contribution in [1.82, 2.24) is 9.55 Å². The Morgan fingerprint density at radius 3 is 2.69 bits per heavy atom. The van der Waals surface area contributed by atoms with Crippen molar-refractivity contribution in [2.24, 2.45) is 0 Å². The third-order valence-electron chi connectivity index (χ3n) is 5.44. The molecule has 0 radical (unpaired) electrons. The number of fused-ring (bicyclic) bond motifs is 2. The molecule has 3 aromatic carbocycles. The lowest BCUT2D eigenvalue weighted by atomic mass is 10.1. The van der Waals surface area contributed by atoms with Gasteiger partial charge in [-0.25, -0.2) is 9.78 Å². The van der Waals surface area contributed by atoms with Crippen LogP contribution in [-0.2, 0) is 9.47 Å². The molecule has 6 nitrogen and oxygen atoms in total. The van der Waals surface area contributed by atoms with Crippen molar-refractivity contribution in [3.63, 3.8) is 0 Å². The standard InChI is InChI=1S/C23H21N3O3/c1-28-23(27)19-13-17(25-9-11-29-12-10-25)14-21-22(19)24-15-26(21)20-8-4-6-16-5-2-3-7-18(16)20/h2-8,13-15H,9-12H2,1H3. The summed E-state index contributed by atoms with van der Waals surface area (Å²) in [5, 5.41) is 2.29. The first-order valence-corrected chi connectivity index (χ1v) is 9.66. The second-order valence-corrected chi connectivity index (χ2v) is 7.06. The number of aromatic nitrogens is 2. The Morgan fingerprint density at radius 1 is 1.07 bits per heavy atom. The molecule has 0 aliphatic carbocycles. The average Bonchev–Trinajstić information content (AvgIpc) is 3.22. The fraction of sp³-hybridized carbons (Fsp3) is 0.217. The van der Waals surface area contributed by atoms with Crippen LogP contribution < -0.4 is 4.90 Å². The van der Waals surface area contributed by atoms with Crippen LogP contribution in [0.3, 0.4) is 0 Å². The summed E-state index contributed by atoms with van der Waals surface area (Å²) >= 11 is 0. The summed E-state index contributed by atoms with van der Waals surface area (Å²) in [5.74, 6) is -0.381. The first-order chi connectivity index (χ1) is 14.3. The molecule has 1 saturated heterocycles. The SMILES string of the molecule is COC(=O)c1cc(N2CCOCC2)cc2c1ncn2-c1cccc2ccccc12. The van der Waals surface area contributed by atoms with Crippen LogP contribution in [0, 0.1) is 0 Å². The van der Waals surface area contributed by atoms with Crippen LogP contribution in [0.2, 0.25) is 0 Å². The Bertz CT molecular complexity index is 1200. The first kappa shape index (κ1) is 17.7. The van der Waals surface area contributed by atoms with Crippen molar-refractivity contribution in [2.75, 3.05) is 38.3 Å².